The topological polar surface area (TPSA) is 41.1 Å². The molecule has 1 aliphatic heterocycles. The molecule has 1 N–H and O–H groups in total. The fraction of sp³-hybridized carbons (Fsp3) is 0.391. The van der Waals surface area contributed by atoms with Crippen LogP contribution in [0.15, 0.2) is 42.5 Å². The Labute approximate surface area is 183 Å². The second-order valence-corrected chi connectivity index (χ2v) is 8.75. The molecule has 0 spiro atoms. The number of piperidine rings is 1. The first-order chi connectivity index (χ1) is 14.9. The van der Waals surface area contributed by atoms with Gasteiger partial charge in [0.05, 0.1) is 16.6 Å². The van der Waals surface area contributed by atoms with Gasteiger partial charge in [-0.25, -0.2) is 23.1 Å². The van der Waals surface area contributed by atoms with E-state index in [2.05, 4.69) is 5.32 Å². The van der Waals surface area contributed by atoms with Gasteiger partial charge in [0, 0.05) is 30.1 Å². The van der Waals surface area contributed by atoms with Gasteiger partial charge >= 0.3 is 0 Å². The molecule has 0 bridgehead atoms. The van der Waals surface area contributed by atoms with Crippen LogP contribution in [0, 0.1) is 11.7 Å². The van der Waals surface area contributed by atoms with Crippen molar-refractivity contribution in [2.45, 2.75) is 37.6 Å². The van der Waals surface area contributed by atoms with Crippen molar-refractivity contribution in [3.63, 3.8) is 0 Å². The third kappa shape index (κ3) is 4.03. The zero-order valence-electron chi connectivity index (χ0n) is 16.8. The lowest BCUT2D eigenvalue weighted by molar-refractivity contribution is -0.0761. The Hall–Kier alpha value is -2.54. The Kier molecular flexibility index (Phi) is 5.16. The Balaban J connectivity index is 1.39. The van der Waals surface area contributed by atoms with Crippen molar-refractivity contribution in [1.82, 2.24) is 9.97 Å². The van der Waals surface area contributed by atoms with E-state index in [0.717, 1.165) is 36.0 Å². The Bertz CT molecular complexity index is 1110. The number of hydrogen-bond donors (Lipinski definition) is 1. The maximum absolute atomic E-state index is 15.1. The molecule has 2 aliphatic rings. The third-order valence-corrected chi connectivity index (χ3v) is 6.30. The van der Waals surface area contributed by atoms with Gasteiger partial charge in [-0.15, -0.1) is 0 Å². The standard InChI is InChI=1S/C23H22ClF3N4/c24-15-5-8-18(25)17(13-15)23(26,27)14-9-11-31(12-10-14)22-21(28-16-6-7-16)29-19-3-1-2-4-20(19)30-22/h1-5,8,13-14,16H,6-7,9-12H2,(H,28,29). The quantitative estimate of drug-likeness (QED) is 0.521. The molecule has 1 aliphatic carbocycles. The molecule has 4 nitrogen and oxygen atoms in total. The maximum Gasteiger partial charge on any atom is 0.279 e. The van der Waals surface area contributed by atoms with E-state index < -0.39 is 23.2 Å². The zero-order valence-corrected chi connectivity index (χ0v) is 17.5. The fourth-order valence-corrected chi connectivity index (χ4v) is 4.33. The smallest absolute Gasteiger partial charge is 0.279 e. The van der Waals surface area contributed by atoms with E-state index in [9.17, 15) is 4.39 Å². The average molecular weight is 447 g/mol. The summed E-state index contributed by atoms with van der Waals surface area (Å²) in [6.45, 7) is 0.795. The molecule has 0 unspecified atom stereocenters. The van der Waals surface area contributed by atoms with E-state index in [-0.39, 0.29) is 17.9 Å². The Morgan fingerprint density at radius 3 is 2.32 bits per heavy atom. The zero-order chi connectivity index (χ0) is 21.6. The highest BCUT2D eigenvalue weighted by molar-refractivity contribution is 6.30. The second-order valence-electron chi connectivity index (χ2n) is 8.31. The van der Waals surface area contributed by atoms with Crippen LogP contribution in [0.3, 0.4) is 0 Å². The number of anilines is 2. The SMILES string of the molecule is Fc1ccc(Cl)cc1C(F)(F)C1CCN(c2nc3ccccc3nc2NC2CC2)CC1. The lowest BCUT2D eigenvalue weighted by Crippen LogP contribution is -2.40. The summed E-state index contributed by atoms with van der Waals surface area (Å²) in [4.78, 5) is 11.5. The molecular formula is C23H22ClF3N4. The number of fused-ring (bicyclic) bond motifs is 1. The van der Waals surface area contributed by atoms with Crippen molar-refractivity contribution in [1.29, 1.82) is 0 Å². The summed E-state index contributed by atoms with van der Waals surface area (Å²) >= 11 is 5.85. The predicted octanol–water partition coefficient (Wildman–Crippen LogP) is 6.01. The number of nitrogens with one attached hydrogen (secondary N) is 1. The van der Waals surface area contributed by atoms with E-state index in [1.165, 1.54) is 6.07 Å². The number of hydrogen-bond acceptors (Lipinski definition) is 4. The number of nitrogens with zero attached hydrogens (tertiary/aromatic N) is 3. The summed E-state index contributed by atoms with van der Waals surface area (Å²) in [5.74, 6) is -3.78. The molecule has 1 saturated heterocycles. The summed E-state index contributed by atoms with van der Waals surface area (Å²) in [5.41, 5.74) is 0.944. The minimum Gasteiger partial charge on any atom is -0.364 e. The van der Waals surface area contributed by atoms with Gasteiger partial charge < -0.3 is 10.2 Å². The van der Waals surface area contributed by atoms with Crippen molar-refractivity contribution in [3.8, 4) is 0 Å². The van der Waals surface area contributed by atoms with E-state index in [1.807, 2.05) is 29.2 Å². The molecule has 162 valence electrons. The summed E-state index contributed by atoms with van der Waals surface area (Å²) in [6.07, 6.45) is 2.62. The van der Waals surface area contributed by atoms with Crippen LogP contribution < -0.4 is 10.2 Å². The van der Waals surface area contributed by atoms with Gasteiger partial charge in [0.15, 0.2) is 11.6 Å². The van der Waals surface area contributed by atoms with Gasteiger partial charge in [-0.3, -0.25) is 0 Å². The molecule has 5 rings (SSSR count). The summed E-state index contributed by atoms with van der Waals surface area (Å²) < 4.78 is 44.4. The van der Waals surface area contributed by atoms with Crippen LogP contribution in [0.5, 0.6) is 0 Å². The molecule has 31 heavy (non-hydrogen) atoms. The molecule has 0 amide bonds. The maximum atomic E-state index is 15.1. The first kappa shape index (κ1) is 20.4. The minimum absolute atomic E-state index is 0.107. The summed E-state index contributed by atoms with van der Waals surface area (Å²) in [7, 11) is 0. The fourth-order valence-electron chi connectivity index (χ4n) is 4.16. The van der Waals surface area contributed by atoms with Gasteiger partial charge in [0.2, 0.25) is 0 Å². The highest BCUT2D eigenvalue weighted by Gasteiger charge is 2.45. The van der Waals surface area contributed by atoms with E-state index >= 15 is 8.78 Å². The van der Waals surface area contributed by atoms with Crippen LogP contribution >= 0.6 is 11.6 Å². The summed E-state index contributed by atoms with van der Waals surface area (Å²) in [5, 5.41) is 3.53. The highest BCUT2D eigenvalue weighted by atomic mass is 35.5. The van der Waals surface area contributed by atoms with Crippen molar-refractivity contribution < 1.29 is 13.2 Å². The number of aromatic nitrogens is 2. The highest BCUT2D eigenvalue weighted by Crippen LogP contribution is 2.44. The number of para-hydroxylation sites is 2. The van der Waals surface area contributed by atoms with Gasteiger partial charge in [0.25, 0.3) is 5.92 Å². The predicted molar refractivity (Wildman–Crippen MR) is 116 cm³/mol. The molecule has 2 aromatic carbocycles. The van der Waals surface area contributed by atoms with E-state index in [1.54, 1.807) is 0 Å². The number of rotatable bonds is 5. The lowest BCUT2D eigenvalue weighted by atomic mass is 9.86. The molecule has 3 aromatic rings. The lowest BCUT2D eigenvalue weighted by Gasteiger charge is -2.37. The molecule has 1 aromatic heterocycles. The molecule has 1 saturated carbocycles. The van der Waals surface area contributed by atoms with Crippen molar-refractivity contribution in [2.75, 3.05) is 23.3 Å². The van der Waals surface area contributed by atoms with Crippen LogP contribution in [-0.4, -0.2) is 29.1 Å². The largest absolute Gasteiger partial charge is 0.364 e. The van der Waals surface area contributed by atoms with Crippen LogP contribution in [0.25, 0.3) is 11.0 Å². The van der Waals surface area contributed by atoms with Crippen LogP contribution in [-0.2, 0) is 5.92 Å². The number of alkyl halides is 2. The minimum atomic E-state index is -3.29. The molecule has 0 atom stereocenters. The first-order valence-electron chi connectivity index (χ1n) is 10.5. The van der Waals surface area contributed by atoms with Crippen molar-refractivity contribution in [3.05, 3.63) is 58.9 Å². The second kappa shape index (κ2) is 7.86. The van der Waals surface area contributed by atoms with Crippen molar-refractivity contribution in [2.24, 2.45) is 5.92 Å². The van der Waals surface area contributed by atoms with E-state index in [0.29, 0.717) is 30.8 Å². The van der Waals surface area contributed by atoms with Gasteiger partial charge in [-0.05, 0) is 56.0 Å². The Morgan fingerprint density at radius 2 is 1.65 bits per heavy atom. The molecule has 2 heterocycles. The first-order valence-corrected chi connectivity index (χ1v) is 10.9. The van der Waals surface area contributed by atoms with Crippen LogP contribution in [0.4, 0.5) is 24.8 Å². The van der Waals surface area contributed by atoms with Gasteiger partial charge in [0.1, 0.15) is 5.82 Å². The molecule has 2 fully saturated rings. The Morgan fingerprint density at radius 1 is 0.968 bits per heavy atom. The monoisotopic (exact) mass is 446 g/mol. The van der Waals surface area contributed by atoms with E-state index in [4.69, 9.17) is 21.6 Å². The van der Waals surface area contributed by atoms with Gasteiger partial charge in [-0.2, -0.15) is 0 Å². The van der Waals surface area contributed by atoms with Crippen molar-refractivity contribution >= 4 is 34.3 Å². The number of halogens is 4. The number of benzene rings is 2. The summed E-state index contributed by atoms with van der Waals surface area (Å²) in [6, 6.07) is 11.3. The average Bonchev–Trinajstić information content (AvgIpc) is 3.59. The molecule has 8 heteroatoms. The van der Waals surface area contributed by atoms with Gasteiger partial charge in [-0.1, -0.05) is 23.7 Å². The third-order valence-electron chi connectivity index (χ3n) is 6.07. The normalized spacial score (nSPS) is 17.9. The van der Waals surface area contributed by atoms with Crippen LogP contribution in [0.2, 0.25) is 5.02 Å². The molecular weight excluding hydrogens is 425 g/mol. The van der Waals surface area contributed by atoms with Crippen LogP contribution in [0.1, 0.15) is 31.2 Å². The molecule has 0 radical (unpaired) electrons.